The minimum atomic E-state index is -0.123. The summed E-state index contributed by atoms with van der Waals surface area (Å²) in [6, 6.07) is 7.70. The molecular formula is C19H22N4O2. The van der Waals surface area contributed by atoms with E-state index in [1.54, 1.807) is 11.1 Å². The summed E-state index contributed by atoms with van der Waals surface area (Å²) in [5, 5.41) is 0. The highest BCUT2D eigenvalue weighted by molar-refractivity contribution is 5.92. The predicted molar refractivity (Wildman–Crippen MR) is 96.3 cm³/mol. The van der Waals surface area contributed by atoms with E-state index in [0.29, 0.717) is 31.1 Å². The van der Waals surface area contributed by atoms with Gasteiger partial charge in [0.05, 0.1) is 24.7 Å². The van der Waals surface area contributed by atoms with E-state index < -0.39 is 0 Å². The van der Waals surface area contributed by atoms with Crippen LogP contribution in [0.2, 0.25) is 0 Å². The van der Waals surface area contributed by atoms with E-state index in [2.05, 4.69) is 16.5 Å². The first kappa shape index (κ1) is 17.1. The standard InChI is InChI=1S/C19H22N4O2/c1-2-3-10-25-18-7-5-4-6-15(18)16-11-22-17(12-21-16)19(24)23-9-8-14(20)13-23/h2,4-7,11-12,14H,1,3,8-10,13,20H2. The molecule has 6 nitrogen and oxygen atoms in total. The summed E-state index contributed by atoms with van der Waals surface area (Å²) in [6.07, 6.45) is 6.53. The van der Waals surface area contributed by atoms with Gasteiger partial charge in [-0.05, 0) is 25.0 Å². The number of hydrogen-bond donors (Lipinski definition) is 1. The van der Waals surface area contributed by atoms with Crippen LogP contribution in [-0.2, 0) is 0 Å². The van der Waals surface area contributed by atoms with Crippen LogP contribution in [0.4, 0.5) is 0 Å². The van der Waals surface area contributed by atoms with Crippen molar-refractivity contribution in [3.05, 3.63) is 55.0 Å². The number of carbonyl (C=O) groups is 1. The third kappa shape index (κ3) is 4.03. The summed E-state index contributed by atoms with van der Waals surface area (Å²) in [5.74, 6) is 0.616. The smallest absolute Gasteiger partial charge is 0.274 e. The van der Waals surface area contributed by atoms with Gasteiger partial charge in [-0.2, -0.15) is 0 Å². The van der Waals surface area contributed by atoms with Crippen molar-refractivity contribution in [2.45, 2.75) is 18.9 Å². The number of amides is 1. The SMILES string of the molecule is C=CCCOc1ccccc1-c1cnc(C(=O)N2CCC(N)C2)cn1. The van der Waals surface area contributed by atoms with E-state index in [1.165, 1.54) is 6.20 Å². The quantitative estimate of drug-likeness (QED) is 0.645. The lowest BCUT2D eigenvalue weighted by Gasteiger charge is -2.15. The second-order valence-corrected chi connectivity index (χ2v) is 6.01. The molecule has 25 heavy (non-hydrogen) atoms. The number of benzene rings is 1. The lowest BCUT2D eigenvalue weighted by molar-refractivity contribution is 0.0784. The van der Waals surface area contributed by atoms with Crippen LogP contribution in [0.5, 0.6) is 5.75 Å². The van der Waals surface area contributed by atoms with Gasteiger partial charge in [0.2, 0.25) is 0 Å². The van der Waals surface area contributed by atoms with Gasteiger partial charge in [-0.15, -0.1) is 6.58 Å². The van der Waals surface area contributed by atoms with E-state index in [0.717, 1.165) is 24.2 Å². The van der Waals surface area contributed by atoms with Gasteiger partial charge in [0, 0.05) is 24.7 Å². The van der Waals surface area contributed by atoms with Crippen LogP contribution in [-0.4, -0.2) is 46.5 Å². The summed E-state index contributed by atoms with van der Waals surface area (Å²) in [7, 11) is 0. The van der Waals surface area contributed by atoms with Crippen molar-refractivity contribution in [1.29, 1.82) is 0 Å². The number of aromatic nitrogens is 2. The number of hydrogen-bond acceptors (Lipinski definition) is 5. The molecule has 1 saturated heterocycles. The maximum absolute atomic E-state index is 12.4. The number of ether oxygens (including phenoxy) is 1. The topological polar surface area (TPSA) is 81.3 Å². The molecule has 1 aliphatic heterocycles. The van der Waals surface area contributed by atoms with Crippen LogP contribution in [0.1, 0.15) is 23.3 Å². The Balaban J connectivity index is 1.76. The van der Waals surface area contributed by atoms with Crippen molar-refractivity contribution >= 4 is 5.91 Å². The molecule has 1 aliphatic rings. The van der Waals surface area contributed by atoms with Gasteiger partial charge in [-0.3, -0.25) is 9.78 Å². The summed E-state index contributed by atoms with van der Waals surface area (Å²) < 4.78 is 5.77. The molecule has 1 aromatic heterocycles. The Labute approximate surface area is 147 Å². The fraction of sp³-hybridized carbons (Fsp3) is 0.316. The molecule has 2 N–H and O–H groups in total. The van der Waals surface area contributed by atoms with Gasteiger partial charge < -0.3 is 15.4 Å². The largest absolute Gasteiger partial charge is 0.493 e. The van der Waals surface area contributed by atoms with Crippen LogP contribution < -0.4 is 10.5 Å². The second kappa shape index (κ2) is 7.90. The normalized spacial score (nSPS) is 16.7. The zero-order valence-electron chi connectivity index (χ0n) is 14.1. The second-order valence-electron chi connectivity index (χ2n) is 6.01. The molecule has 0 bridgehead atoms. The Morgan fingerprint density at radius 2 is 2.20 bits per heavy atom. The molecule has 0 aliphatic carbocycles. The van der Waals surface area contributed by atoms with Gasteiger partial charge in [0.25, 0.3) is 5.91 Å². The number of para-hydroxylation sites is 1. The number of likely N-dealkylation sites (tertiary alicyclic amines) is 1. The highest BCUT2D eigenvalue weighted by Crippen LogP contribution is 2.28. The molecular weight excluding hydrogens is 316 g/mol. The fourth-order valence-corrected chi connectivity index (χ4v) is 2.77. The van der Waals surface area contributed by atoms with Crippen molar-refractivity contribution in [1.82, 2.24) is 14.9 Å². The molecule has 130 valence electrons. The fourth-order valence-electron chi connectivity index (χ4n) is 2.77. The van der Waals surface area contributed by atoms with Crippen LogP contribution >= 0.6 is 0 Å². The predicted octanol–water partition coefficient (Wildman–Crippen LogP) is 2.27. The Bertz CT molecular complexity index is 745. The van der Waals surface area contributed by atoms with Gasteiger partial charge in [-0.1, -0.05) is 18.2 Å². The Morgan fingerprint density at radius 1 is 1.36 bits per heavy atom. The first-order valence-corrected chi connectivity index (χ1v) is 8.39. The summed E-state index contributed by atoms with van der Waals surface area (Å²) >= 11 is 0. The third-order valence-corrected chi connectivity index (χ3v) is 4.13. The molecule has 1 atom stereocenters. The van der Waals surface area contributed by atoms with Crippen molar-refractivity contribution in [3.63, 3.8) is 0 Å². The summed E-state index contributed by atoms with van der Waals surface area (Å²) in [4.78, 5) is 22.8. The zero-order chi connectivity index (χ0) is 17.6. The number of nitrogens with zero attached hydrogens (tertiary/aromatic N) is 3. The first-order chi connectivity index (χ1) is 12.2. The van der Waals surface area contributed by atoms with Crippen LogP contribution in [0.3, 0.4) is 0 Å². The Morgan fingerprint density at radius 3 is 2.88 bits per heavy atom. The molecule has 6 heteroatoms. The molecule has 0 saturated carbocycles. The average molecular weight is 338 g/mol. The van der Waals surface area contributed by atoms with Crippen molar-refractivity contribution in [2.75, 3.05) is 19.7 Å². The molecule has 1 aromatic carbocycles. The van der Waals surface area contributed by atoms with Crippen molar-refractivity contribution < 1.29 is 9.53 Å². The van der Waals surface area contributed by atoms with E-state index in [1.807, 2.05) is 30.3 Å². The third-order valence-electron chi connectivity index (χ3n) is 4.13. The molecule has 1 unspecified atom stereocenters. The molecule has 1 fully saturated rings. The van der Waals surface area contributed by atoms with Crippen molar-refractivity contribution in [2.24, 2.45) is 5.73 Å². The minimum absolute atomic E-state index is 0.0516. The average Bonchev–Trinajstić information content (AvgIpc) is 3.08. The highest BCUT2D eigenvalue weighted by Gasteiger charge is 2.25. The molecule has 2 heterocycles. The molecule has 1 amide bonds. The Kier molecular flexibility index (Phi) is 5.40. The molecule has 0 radical (unpaired) electrons. The first-order valence-electron chi connectivity index (χ1n) is 8.39. The van der Waals surface area contributed by atoms with Gasteiger partial charge in [0.1, 0.15) is 11.4 Å². The minimum Gasteiger partial charge on any atom is -0.493 e. The zero-order valence-corrected chi connectivity index (χ0v) is 14.1. The molecule has 0 spiro atoms. The van der Waals surface area contributed by atoms with Crippen LogP contribution in [0.25, 0.3) is 11.3 Å². The number of rotatable bonds is 6. The van der Waals surface area contributed by atoms with E-state index in [-0.39, 0.29) is 11.9 Å². The van der Waals surface area contributed by atoms with Crippen LogP contribution in [0, 0.1) is 0 Å². The number of nitrogens with two attached hydrogens (primary N) is 1. The van der Waals surface area contributed by atoms with Gasteiger partial charge in [-0.25, -0.2) is 4.98 Å². The molecule has 2 aromatic rings. The van der Waals surface area contributed by atoms with Crippen LogP contribution in [0.15, 0.2) is 49.3 Å². The number of carbonyl (C=O) groups excluding carboxylic acids is 1. The maximum Gasteiger partial charge on any atom is 0.274 e. The highest BCUT2D eigenvalue weighted by atomic mass is 16.5. The van der Waals surface area contributed by atoms with Gasteiger partial charge in [0.15, 0.2) is 0 Å². The van der Waals surface area contributed by atoms with Crippen molar-refractivity contribution in [3.8, 4) is 17.0 Å². The summed E-state index contributed by atoms with van der Waals surface area (Å²) in [5.41, 5.74) is 7.71. The van der Waals surface area contributed by atoms with E-state index >= 15 is 0 Å². The van der Waals surface area contributed by atoms with E-state index in [9.17, 15) is 4.79 Å². The Hall–Kier alpha value is -2.73. The monoisotopic (exact) mass is 338 g/mol. The summed E-state index contributed by atoms with van der Waals surface area (Å²) in [6.45, 7) is 5.49. The lowest BCUT2D eigenvalue weighted by atomic mass is 10.1. The maximum atomic E-state index is 12.4. The van der Waals surface area contributed by atoms with Gasteiger partial charge >= 0.3 is 0 Å². The molecule has 3 rings (SSSR count). The van der Waals surface area contributed by atoms with E-state index in [4.69, 9.17) is 10.5 Å². The lowest BCUT2D eigenvalue weighted by Crippen LogP contribution is -2.32.